The van der Waals surface area contributed by atoms with Crippen LogP contribution in [0.2, 0.25) is 0 Å². The minimum absolute atomic E-state index is 0.00222. The summed E-state index contributed by atoms with van der Waals surface area (Å²) in [6.45, 7) is 0. The van der Waals surface area contributed by atoms with Crippen molar-refractivity contribution < 1.29 is 9.13 Å². The van der Waals surface area contributed by atoms with Crippen molar-refractivity contribution in [3.63, 3.8) is 0 Å². The van der Waals surface area contributed by atoms with E-state index in [0.717, 1.165) is 0 Å². The molecular formula is C11H8FNO3. The fraction of sp³-hybridized carbons (Fsp3) is 0.0909. The fourth-order valence-electron chi connectivity index (χ4n) is 1.38. The first-order valence-corrected chi connectivity index (χ1v) is 4.54. The van der Waals surface area contributed by atoms with Gasteiger partial charge in [-0.3, -0.25) is 9.59 Å². The van der Waals surface area contributed by atoms with E-state index in [2.05, 4.69) is 5.32 Å². The lowest BCUT2D eigenvalue weighted by Crippen LogP contribution is -2.34. The van der Waals surface area contributed by atoms with Gasteiger partial charge in [0, 0.05) is 0 Å². The van der Waals surface area contributed by atoms with Crippen LogP contribution in [0.3, 0.4) is 0 Å². The van der Waals surface area contributed by atoms with Gasteiger partial charge in [0.2, 0.25) is 0 Å². The molecule has 0 amide bonds. The second-order valence-electron chi connectivity index (χ2n) is 3.17. The Morgan fingerprint density at radius 2 is 1.88 bits per heavy atom. The first-order chi connectivity index (χ1) is 7.65. The molecule has 2 aromatic rings. The molecule has 0 aliphatic carbocycles. The number of ether oxygens (including phenoxy) is 1. The third-order valence-corrected chi connectivity index (χ3v) is 2.20. The van der Waals surface area contributed by atoms with Crippen molar-refractivity contribution in [3.05, 3.63) is 50.5 Å². The summed E-state index contributed by atoms with van der Waals surface area (Å²) < 4.78 is 18.0. The number of rotatable bonds is 3. The summed E-state index contributed by atoms with van der Waals surface area (Å²) in [7, 11) is 1.28. The first kappa shape index (κ1) is 10.4. The van der Waals surface area contributed by atoms with Crippen LogP contribution in [0.1, 0.15) is 0 Å². The highest BCUT2D eigenvalue weighted by atomic mass is 19.1. The van der Waals surface area contributed by atoms with Crippen LogP contribution in [0.15, 0.2) is 33.9 Å². The molecule has 0 aliphatic rings. The number of halogens is 1. The largest absolute Gasteiger partial charge is 0.491 e. The summed E-state index contributed by atoms with van der Waals surface area (Å²) in [6, 6.07) is 5.86. The van der Waals surface area contributed by atoms with Crippen molar-refractivity contribution >= 4 is 11.4 Å². The van der Waals surface area contributed by atoms with Gasteiger partial charge in [0.15, 0.2) is 5.75 Å². The van der Waals surface area contributed by atoms with Gasteiger partial charge >= 0.3 is 0 Å². The molecule has 2 aromatic carbocycles. The van der Waals surface area contributed by atoms with Gasteiger partial charge in [-0.15, -0.1) is 0 Å². The summed E-state index contributed by atoms with van der Waals surface area (Å²) in [5.41, 5.74) is -1.26. The highest BCUT2D eigenvalue weighted by Gasteiger charge is 2.22. The van der Waals surface area contributed by atoms with Crippen molar-refractivity contribution in [1.29, 1.82) is 0 Å². The lowest BCUT2D eigenvalue weighted by molar-refractivity contribution is 0.408. The number of hydrogen-bond donors (Lipinski definition) is 1. The lowest BCUT2D eigenvalue weighted by atomic mass is 10.2. The van der Waals surface area contributed by atoms with Crippen molar-refractivity contribution in [2.24, 2.45) is 0 Å². The Kier molecular flexibility index (Phi) is 2.44. The second-order valence-corrected chi connectivity index (χ2v) is 3.17. The Hall–Kier alpha value is -2.17. The average molecular weight is 221 g/mol. The van der Waals surface area contributed by atoms with Crippen LogP contribution in [-0.4, -0.2) is 7.11 Å². The Balaban J connectivity index is 2.36. The Morgan fingerprint density at radius 1 is 1.19 bits per heavy atom. The maximum absolute atomic E-state index is 13.2. The number of hydrogen-bond acceptors (Lipinski definition) is 4. The summed E-state index contributed by atoms with van der Waals surface area (Å²) in [5.74, 6) is -0.564. The first-order valence-electron chi connectivity index (χ1n) is 4.54. The molecule has 0 bridgehead atoms. The van der Waals surface area contributed by atoms with E-state index in [4.69, 9.17) is 4.74 Å². The lowest BCUT2D eigenvalue weighted by Gasteiger charge is -2.11. The van der Waals surface area contributed by atoms with Gasteiger partial charge in [-0.25, -0.2) is 4.39 Å². The average Bonchev–Trinajstić information content (AvgIpc) is 2.30. The van der Waals surface area contributed by atoms with Gasteiger partial charge in [0.1, 0.15) is 11.5 Å². The van der Waals surface area contributed by atoms with Crippen LogP contribution in [0, 0.1) is 5.82 Å². The summed E-state index contributed by atoms with van der Waals surface area (Å²) in [5, 5.41) is 2.54. The molecule has 0 aromatic heterocycles. The molecule has 0 spiro atoms. The smallest absolute Gasteiger partial charge is 0.272 e. The Morgan fingerprint density at radius 3 is 2.50 bits per heavy atom. The Bertz CT molecular complexity index is 599. The third-order valence-electron chi connectivity index (χ3n) is 2.20. The van der Waals surface area contributed by atoms with Crippen LogP contribution < -0.4 is 20.9 Å². The van der Waals surface area contributed by atoms with E-state index < -0.39 is 16.7 Å². The van der Waals surface area contributed by atoms with E-state index in [-0.39, 0.29) is 17.1 Å². The molecule has 0 unspecified atom stereocenters. The molecule has 0 heterocycles. The topological polar surface area (TPSA) is 55.4 Å². The van der Waals surface area contributed by atoms with E-state index in [1.54, 1.807) is 6.07 Å². The van der Waals surface area contributed by atoms with Gasteiger partial charge in [-0.2, -0.15) is 0 Å². The monoisotopic (exact) mass is 221 g/mol. The van der Waals surface area contributed by atoms with Gasteiger partial charge in [-0.1, -0.05) is 12.1 Å². The molecule has 2 rings (SSSR count). The maximum atomic E-state index is 13.2. The highest BCUT2D eigenvalue weighted by Crippen LogP contribution is 2.23. The van der Waals surface area contributed by atoms with Crippen LogP contribution in [0.25, 0.3) is 0 Å². The molecule has 82 valence electrons. The van der Waals surface area contributed by atoms with Gasteiger partial charge in [0.25, 0.3) is 10.9 Å². The number of para-hydroxylation sites is 1. The molecule has 1 N–H and O–H groups in total. The molecular weight excluding hydrogens is 213 g/mol. The number of nitrogens with one attached hydrogen (secondary N) is 1. The number of methoxy groups -OCH3 is 1. The predicted octanol–water partition coefficient (Wildman–Crippen LogP) is 1.17. The normalized spacial score (nSPS) is 10.4. The molecule has 0 saturated heterocycles. The molecule has 16 heavy (non-hydrogen) atoms. The molecule has 0 atom stereocenters. The summed E-state index contributed by atoms with van der Waals surface area (Å²) >= 11 is 0. The van der Waals surface area contributed by atoms with Crippen molar-refractivity contribution in [3.8, 4) is 5.75 Å². The fourth-order valence-corrected chi connectivity index (χ4v) is 1.38. The number of benzene rings is 1. The van der Waals surface area contributed by atoms with Crippen LogP contribution in [0.4, 0.5) is 15.8 Å². The SMILES string of the molecule is COc1c(Nc2ccccc2F)c(=O)c1=O. The van der Waals surface area contributed by atoms with Crippen LogP contribution in [0.5, 0.6) is 5.75 Å². The summed E-state index contributed by atoms with van der Waals surface area (Å²) in [4.78, 5) is 22.2. The van der Waals surface area contributed by atoms with E-state index >= 15 is 0 Å². The molecule has 4 nitrogen and oxygen atoms in total. The highest BCUT2D eigenvalue weighted by molar-refractivity contribution is 5.69. The van der Waals surface area contributed by atoms with E-state index in [0.29, 0.717) is 0 Å². The Labute approximate surface area is 90.0 Å². The van der Waals surface area contributed by atoms with Crippen LogP contribution >= 0.6 is 0 Å². The minimum Gasteiger partial charge on any atom is -0.491 e. The third kappa shape index (κ3) is 1.46. The van der Waals surface area contributed by atoms with Gasteiger partial charge in [0.05, 0.1) is 12.8 Å². The van der Waals surface area contributed by atoms with E-state index in [1.165, 1.54) is 25.3 Å². The zero-order valence-corrected chi connectivity index (χ0v) is 8.41. The van der Waals surface area contributed by atoms with Gasteiger partial charge in [-0.05, 0) is 12.1 Å². The minimum atomic E-state index is -0.694. The molecule has 0 saturated carbocycles. The zero-order chi connectivity index (χ0) is 11.7. The van der Waals surface area contributed by atoms with Crippen molar-refractivity contribution in [1.82, 2.24) is 0 Å². The molecule has 0 radical (unpaired) electrons. The van der Waals surface area contributed by atoms with Crippen LogP contribution in [-0.2, 0) is 0 Å². The second kappa shape index (κ2) is 3.77. The molecule has 0 aliphatic heterocycles. The maximum Gasteiger partial charge on any atom is 0.272 e. The van der Waals surface area contributed by atoms with Crippen molar-refractivity contribution in [2.45, 2.75) is 0 Å². The molecule has 0 fully saturated rings. The standard InChI is InChI=1S/C11H8FNO3/c1-16-11-8(9(14)10(11)15)13-7-5-3-2-4-6(7)12/h2-5,13H,1H3. The zero-order valence-electron chi connectivity index (χ0n) is 8.41. The van der Waals surface area contributed by atoms with E-state index in [9.17, 15) is 14.0 Å². The van der Waals surface area contributed by atoms with Gasteiger partial charge < -0.3 is 10.1 Å². The predicted molar refractivity (Wildman–Crippen MR) is 57.6 cm³/mol. The summed E-state index contributed by atoms with van der Waals surface area (Å²) in [6.07, 6.45) is 0. The quantitative estimate of drug-likeness (QED) is 0.790. The number of anilines is 2. The van der Waals surface area contributed by atoms with E-state index in [1.807, 2.05) is 0 Å². The molecule has 5 heteroatoms. The van der Waals surface area contributed by atoms with Crippen molar-refractivity contribution in [2.75, 3.05) is 12.4 Å².